The van der Waals surface area contributed by atoms with Crippen LogP contribution in [0.5, 0.6) is 5.75 Å². The van der Waals surface area contributed by atoms with Gasteiger partial charge in [0, 0.05) is 24.6 Å². The molecular formula is C21H23N3O2. The number of benzene rings is 2. The zero-order valence-corrected chi connectivity index (χ0v) is 14.9. The molecule has 0 radical (unpaired) electrons. The highest BCUT2D eigenvalue weighted by molar-refractivity contribution is 5.53. The number of aryl methyl sites for hydroxylation is 1. The van der Waals surface area contributed by atoms with E-state index in [0.29, 0.717) is 23.5 Å². The first-order valence-corrected chi connectivity index (χ1v) is 9.14. The van der Waals surface area contributed by atoms with E-state index in [2.05, 4.69) is 22.0 Å². The minimum Gasteiger partial charge on any atom is -0.508 e. The predicted molar refractivity (Wildman–Crippen MR) is 99.9 cm³/mol. The van der Waals surface area contributed by atoms with Crippen molar-refractivity contribution in [3.05, 3.63) is 65.5 Å². The van der Waals surface area contributed by atoms with Crippen LogP contribution in [0.15, 0.2) is 53.1 Å². The van der Waals surface area contributed by atoms with Crippen LogP contribution >= 0.6 is 0 Å². The molecule has 0 fully saturated rings. The topological polar surface area (TPSA) is 62.4 Å². The second-order valence-corrected chi connectivity index (χ2v) is 6.83. The van der Waals surface area contributed by atoms with Crippen molar-refractivity contribution in [3.63, 3.8) is 0 Å². The third kappa shape index (κ3) is 3.48. The Morgan fingerprint density at radius 2 is 2.04 bits per heavy atom. The van der Waals surface area contributed by atoms with Gasteiger partial charge in [-0.15, -0.1) is 0 Å². The molecule has 0 amide bonds. The fourth-order valence-corrected chi connectivity index (χ4v) is 3.67. The number of fused-ring (bicyclic) bond motifs is 1. The second-order valence-electron chi connectivity index (χ2n) is 6.83. The third-order valence-corrected chi connectivity index (χ3v) is 5.13. The standard InChI is InChI=1S/C21H23N3O2/c1-15-19-10-9-18(25)14-17(19)11-13-24(15)12-5-8-20-22-21(23-26-20)16-6-3-2-4-7-16/h2-4,6-7,9-10,14-15,25H,5,8,11-13H2,1H3. The number of aromatic nitrogens is 2. The Kier molecular flexibility index (Phi) is 4.71. The molecule has 4 rings (SSSR count). The molecule has 26 heavy (non-hydrogen) atoms. The zero-order chi connectivity index (χ0) is 17.9. The summed E-state index contributed by atoms with van der Waals surface area (Å²) in [7, 11) is 0. The maximum absolute atomic E-state index is 9.66. The number of phenols is 1. The average Bonchev–Trinajstić information content (AvgIpc) is 3.13. The molecule has 0 aliphatic carbocycles. The summed E-state index contributed by atoms with van der Waals surface area (Å²) in [6.45, 7) is 4.23. The van der Waals surface area contributed by atoms with Crippen molar-refractivity contribution in [3.8, 4) is 17.1 Å². The van der Waals surface area contributed by atoms with Crippen LogP contribution in [-0.4, -0.2) is 33.2 Å². The van der Waals surface area contributed by atoms with Crippen LogP contribution in [-0.2, 0) is 12.8 Å². The van der Waals surface area contributed by atoms with Crippen LogP contribution in [0.1, 0.15) is 36.4 Å². The van der Waals surface area contributed by atoms with Gasteiger partial charge in [0.05, 0.1) is 0 Å². The SMILES string of the molecule is CC1c2ccc(O)cc2CCN1CCCc1nc(-c2ccccc2)no1. The number of hydrogen-bond acceptors (Lipinski definition) is 5. The summed E-state index contributed by atoms with van der Waals surface area (Å²) in [5.41, 5.74) is 3.56. The lowest BCUT2D eigenvalue weighted by Crippen LogP contribution is -2.34. The van der Waals surface area contributed by atoms with Crippen molar-refractivity contribution >= 4 is 0 Å². The summed E-state index contributed by atoms with van der Waals surface area (Å²) in [6.07, 6.45) is 2.74. The fraction of sp³-hybridized carbons (Fsp3) is 0.333. The van der Waals surface area contributed by atoms with Gasteiger partial charge in [-0.25, -0.2) is 0 Å². The van der Waals surface area contributed by atoms with Crippen molar-refractivity contribution in [1.82, 2.24) is 15.0 Å². The Balaban J connectivity index is 1.34. The van der Waals surface area contributed by atoms with E-state index in [9.17, 15) is 5.11 Å². The van der Waals surface area contributed by atoms with Gasteiger partial charge in [0.1, 0.15) is 5.75 Å². The smallest absolute Gasteiger partial charge is 0.227 e. The number of hydrogen-bond donors (Lipinski definition) is 1. The van der Waals surface area contributed by atoms with E-state index in [1.165, 1.54) is 11.1 Å². The summed E-state index contributed by atoms with van der Waals surface area (Å²) < 4.78 is 5.40. The van der Waals surface area contributed by atoms with E-state index in [4.69, 9.17) is 4.52 Å². The summed E-state index contributed by atoms with van der Waals surface area (Å²) in [5.74, 6) is 1.70. The van der Waals surface area contributed by atoms with Gasteiger partial charge in [0.2, 0.25) is 11.7 Å². The van der Waals surface area contributed by atoms with Crippen molar-refractivity contribution in [2.45, 2.75) is 32.2 Å². The molecule has 5 nitrogen and oxygen atoms in total. The van der Waals surface area contributed by atoms with Crippen molar-refractivity contribution in [2.75, 3.05) is 13.1 Å². The minimum absolute atomic E-state index is 0.356. The van der Waals surface area contributed by atoms with E-state index in [-0.39, 0.29) is 0 Å². The van der Waals surface area contributed by atoms with Crippen molar-refractivity contribution in [2.24, 2.45) is 0 Å². The molecule has 1 aromatic heterocycles. The van der Waals surface area contributed by atoms with E-state index in [1.54, 1.807) is 6.07 Å². The molecule has 2 heterocycles. The largest absolute Gasteiger partial charge is 0.508 e. The molecule has 0 saturated heterocycles. The van der Waals surface area contributed by atoms with Gasteiger partial charge in [-0.3, -0.25) is 4.90 Å². The quantitative estimate of drug-likeness (QED) is 0.754. The zero-order valence-electron chi connectivity index (χ0n) is 14.9. The molecule has 5 heteroatoms. The van der Waals surface area contributed by atoms with E-state index in [1.807, 2.05) is 42.5 Å². The molecule has 0 spiro atoms. The molecule has 1 N–H and O–H groups in total. The maximum Gasteiger partial charge on any atom is 0.227 e. The van der Waals surface area contributed by atoms with Gasteiger partial charge >= 0.3 is 0 Å². The molecule has 1 unspecified atom stereocenters. The molecule has 3 aromatic rings. The molecule has 1 aliphatic rings. The second kappa shape index (κ2) is 7.30. The van der Waals surface area contributed by atoms with Crippen LogP contribution in [0.3, 0.4) is 0 Å². The van der Waals surface area contributed by atoms with E-state index in [0.717, 1.165) is 37.9 Å². The number of rotatable bonds is 5. The lowest BCUT2D eigenvalue weighted by Gasteiger charge is -2.35. The van der Waals surface area contributed by atoms with Gasteiger partial charge in [-0.1, -0.05) is 41.6 Å². The molecule has 2 aromatic carbocycles. The Morgan fingerprint density at radius 3 is 2.88 bits per heavy atom. The summed E-state index contributed by atoms with van der Waals surface area (Å²) in [6, 6.07) is 16.0. The maximum atomic E-state index is 9.66. The summed E-state index contributed by atoms with van der Waals surface area (Å²) in [5, 5.41) is 13.7. The van der Waals surface area contributed by atoms with Gasteiger partial charge in [0.25, 0.3) is 0 Å². The molecule has 1 atom stereocenters. The Bertz CT molecular complexity index is 876. The van der Waals surface area contributed by atoms with E-state index < -0.39 is 0 Å². The lowest BCUT2D eigenvalue weighted by molar-refractivity contribution is 0.194. The van der Waals surface area contributed by atoms with Crippen LogP contribution in [0.2, 0.25) is 0 Å². The molecular weight excluding hydrogens is 326 g/mol. The van der Waals surface area contributed by atoms with Crippen molar-refractivity contribution < 1.29 is 9.63 Å². The van der Waals surface area contributed by atoms with E-state index >= 15 is 0 Å². The van der Waals surface area contributed by atoms with Gasteiger partial charge in [0.15, 0.2) is 0 Å². The third-order valence-electron chi connectivity index (χ3n) is 5.13. The first kappa shape index (κ1) is 16.8. The molecule has 134 valence electrons. The highest BCUT2D eigenvalue weighted by Crippen LogP contribution is 2.31. The van der Waals surface area contributed by atoms with Crippen LogP contribution in [0, 0.1) is 0 Å². The Morgan fingerprint density at radius 1 is 1.19 bits per heavy atom. The number of phenolic OH excluding ortho intramolecular Hbond substituents is 1. The normalized spacial score (nSPS) is 17.2. The van der Waals surface area contributed by atoms with Crippen LogP contribution < -0.4 is 0 Å². The highest BCUT2D eigenvalue weighted by atomic mass is 16.5. The summed E-state index contributed by atoms with van der Waals surface area (Å²) >= 11 is 0. The molecule has 0 saturated carbocycles. The van der Waals surface area contributed by atoms with Crippen molar-refractivity contribution in [1.29, 1.82) is 0 Å². The molecule has 1 aliphatic heterocycles. The Labute approximate surface area is 153 Å². The Hall–Kier alpha value is -2.66. The minimum atomic E-state index is 0.356. The monoisotopic (exact) mass is 349 g/mol. The van der Waals surface area contributed by atoms with Gasteiger partial charge in [-0.05, 0) is 49.6 Å². The lowest BCUT2D eigenvalue weighted by atomic mass is 9.93. The highest BCUT2D eigenvalue weighted by Gasteiger charge is 2.23. The first-order valence-electron chi connectivity index (χ1n) is 9.14. The van der Waals surface area contributed by atoms with Crippen LogP contribution in [0.4, 0.5) is 0 Å². The average molecular weight is 349 g/mol. The summed E-state index contributed by atoms with van der Waals surface area (Å²) in [4.78, 5) is 6.98. The first-order chi connectivity index (χ1) is 12.7. The molecule has 0 bridgehead atoms. The number of aromatic hydroxyl groups is 1. The fourth-order valence-electron chi connectivity index (χ4n) is 3.67. The van der Waals surface area contributed by atoms with Gasteiger partial charge < -0.3 is 9.63 Å². The number of nitrogens with zero attached hydrogens (tertiary/aromatic N) is 3. The predicted octanol–water partition coefficient (Wildman–Crippen LogP) is 3.99. The van der Waals surface area contributed by atoms with Crippen LogP contribution in [0.25, 0.3) is 11.4 Å². The van der Waals surface area contributed by atoms with Gasteiger partial charge in [-0.2, -0.15) is 4.98 Å².